The molecule has 0 spiro atoms. The fourth-order valence-electron chi connectivity index (χ4n) is 9.17. The van der Waals surface area contributed by atoms with Gasteiger partial charge in [-0.2, -0.15) is 0 Å². The van der Waals surface area contributed by atoms with E-state index in [1.165, 1.54) is 56.9 Å². The Morgan fingerprint density at radius 2 is 0.398 bits per heavy atom. The maximum atomic E-state index is 15.7. The largest absolute Gasteiger partial charge is 0.460 e. The van der Waals surface area contributed by atoms with Crippen LogP contribution in [0.15, 0.2) is 129 Å². The summed E-state index contributed by atoms with van der Waals surface area (Å²) in [5.41, 5.74) is -7.50. The summed E-state index contributed by atoms with van der Waals surface area (Å²) in [6.07, 6.45) is 0. The van der Waals surface area contributed by atoms with E-state index >= 15 is 16.8 Å². The summed E-state index contributed by atoms with van der Waals surface area (Å²) in [7, 11) is -11.2. The third kappa shape index (κ3) is 25.5. The SMILES string of the molecule is COCCOC(=O)c1cc(NS(=O)(=O)c2ccc(-c3ccc(S(=O)(=O)Nc4cc(C(=O)OCCOC)cc(C(=O)OCCOC)c4)cc3S(=O)(=O)Nc3cc(C(=O)OCCOC)cc(C(=O)OCCOC)c3)c(S(=O)(=O)Nc3cc(C(=O)OCCOC)cc(C(=O)OCCOC)c3)c2)cc(C(=O)OCCOC)c1. The molecule has 36 nitrogen and oxygen atoms in total. The van der Waals surface area contributed by atoms with Gasteiger partial charge in [-0.1, -0.05) is 12.1 Å². The number of carbonyl (C=O) groups is 8. The van der Waals surface area contributed by atoms with Gasteiger partial charge in [-0.15, -0.1) is 0 Å². The molecule has 0 unspecified atom stereocenters. The van der Waals surface area contributed by atoms with Gasteiger partial charge in [0.15, 0.2) is 0 Å². The molecule has 108 heavy (non-hydrogen) atoms. The second-order valence-electron chi connectivity index (χ2n) is 22.0. The second kappa shape index (κ2) is 41.8. The van der Waals surface area contributed by atoms with Gasteiger partial charge < -0.3 is 75.8 Å². The first-order chi connectivity index (χ1) is 51.5. The van der Waals surface area contributed by atoms with Gasteiger partial charge >= 0.3 is 47.8 Å². The maximum absolute atomic E-state index is 15.7. The molecule has 0 aliphatic heterocycles. The fraction of sp³-hybridized carbons (Fsp3) is 0.353. The minimum absolute atomic E-state index is 0.0827. The zero-order valence-electron chi connectivity index (χ0n) is 59.4. The molecule has 586 valence electrons. The molecule has 6 aromatic carbocycles. The average molecular weight is 1590 g/mol. The van der Waals surface area contributed by atoms with Gasteiger partial charge in [-0.05, 0) is 97.1 Å². The van der Waals surface area contributed by atoms with E-state index in [2.05, 4.69) is 18.9 Å². The molecule has 4 N–H and O–H groups in total. The van der Waals surface area contributed by atoms with Crippen molar-refractivity contribution >= 4 is 111 Å². The molecule has 0 heterocycles. The van der Waals surface area contributed by atoms with Gasteiger partial charge in [-0.25, -0.2) is 72.0 Å². The molecule has 0 aliphatic carbocycles. The Labute approximate surface area is 621 Å². The molecule has 0 amide bonds. The summed E-state index contributed by atoms with van der Waals surface area (Å²) in [5, 5.41) is 0. The number of rotatable bonds is 45. The van der Waals surface area contributed by atoms with Crippen LogP contribution in [0.25, 0.3) is 11.1 Å². The minimum atomic E-state index is -5.61. The van der Waals surface area contributed by atoms with Crippen molar-refractivity contribution in [1.29, 1.82) is 0 Å². The van der Waals surface area contributed by atoms with E-state index in [1.807, 2.05) is 0 Å². The third-order valence-electron chi connectivity index (χ3n) is 14.2. The van der Waals surface area contributed by atoms with Crippen molar-refractivity contribution in [1.82, 2.24) is 0 Å². The van der Waals surface area contributed by atoms with Gasteiger partial charge in [-0.3, -0.25) is 18.9 Å². The smallest absolute Gasteiger partial charge is 0.338 e. The van der Waals surface area contributed by atoms with E-state index in [1.54, 1.807) is 0 Å². The molecule has 6 rings (SSSR count). The molecule has 0 fully saturated rings. The molecule has 0 bridgehead atoms. The molecule has 0 radical (unpaired) electrons. The predicted molar refractivity (Wildman–Crippen MR) is 378 cm³/mol. The van der Waals surface area contributed by atoms with Gasteiger partial charge in [0.1, 0.15) is 52.9 Å². The van der Waals surface area contributed by atoms with Gasteiger partial charge in [0.2, 0.25) is 0 Å². The third-order valence-corrected chi connectivity index (χ3v) is 19.8. The van der Waals surface area contributed by atoms with Crippen molar-refractivity contribution in [3.05, 3.63) is 154 Å². The highest BCUT2D eigenvalue weighted by Crippen LogP contribution is 2.39. The van der Waals surface area contributed by atoms with Crippen LogP contribution in [0, 0.1) is 0 Å². The molecular formula is C68H78N4O32S4. The number of ether oxygens (including phenoxy) is 16. The van der Waals surface area contributed by atoms with Crippen LogP contribution >= 0.6 is 0 Å². The maximum Gasteiger partial charge on any atom is 0.338 e. The van der Waals surface area contributed by atoms with Crippen LogP contribution in [0.4, 0.5) is 22.7 Å². The molecule has 0 saturated carbocycles. The van der Waals surface area contributed by atoms with Gasteiger partial charge in [0, 0.05) is 68.0 Å². The number of benzene rings is 6. The number of hydrogen-bond acceptors (Lipinski definition) is 32. The first kappa shape index (κ1) is 86.7. The van der Waals surface area contributed by atoms with Crippen LogP contribution < -0.4 is 18.9 Å². The Morgan fingerprint density at radius 1 is 0.231 bits per heavy atom. The van der Waals surface area contributed by atoms with Crippen molar-refractivity contribution in [2.24, 2.45) is 0 Å². The number of sulfonamides is 4. The lowest BCUT2D eigenvalue weighted by Crippen LogP contribution is -2.21. The highest BCUT2D eigenvalue weighted by atomic mass is 32.2. The topological polar surface area (TPSA) is 469 Å². The summed E-state index contributed by atoms with van der Waals surface area (Å²) in [6, 6.07) is 15.4. The fourth-order valence-corrected chi connectivity index (χ4v) is 14.0. The molecular weight excluding hydrogens is 1510 g/mol. The normalized spacial score (nSPS) is 11.5. The number of hydrogen-bond donors (Lipinski definition) is 4. The van der Waals surface area contributed by atoms with Crippen LogP contribution in [0.5, 0.6) is 0 Å². The summed E-state index contributed by atoms with van der Waals surface area (Å²) in [4.78, 5) is 104. The number of carbonyl (C=O) groups excluding carboxylic acids is 8. The Kier molecular flexibility index (Phi) is 33.5. The van der Waals surface area contributed by atoms with E-state index in [4.69, 9.17) is 75.8 Å². The lowest BCUT2D eigenvalue weighted by molar-refractivity contribution is 0.0371. The average Bonchev–Trinajstić information content (AvgIpc) is 0.747. The minimum Gasteiger partial charge on any atom is -0.460 e. The number of anilines is 4. The molecule has 0 atom stereocenters. The summed E-state index contributed by atoms with van der Waals surface area (Å²) >= 11 is 0. The molecule has 40 heteroatoms. The van der Waals surface area contributed by atoms with Gasteiger partial charge in [0.25, 0.3) is 40.1 Å². The Morgan fingerprint density at radius 3 is 0.565 bits per heavy atom. The van der Waals surface area contributed by atoms with E-state index in [-0.39, 0.29) is 106 Å². The zero-order chi connectivity index (χ0) is 79.2. The standard InChI is InChI=1S/C68H78N4O32S4/c1-89-13-21-97-61(73)43-29-44(62(74)98-22-14-90-2)34-51(33-43)69-105(81,82)55-9-11-57(59(41-55)107(85,86)71-53-37-47(65(77)101-25-17-93-5)31-48(38-53)66(78)102-26-18-94-6)58-12-10-56(106(83,84)70-52-35-45(63(75)99-23-15-91-3)30-46(36-52)64(76)100-24-16-92-4)42-60(58)108(87,88)72-54-39-49(67(79)103-27-19-95-7)32-50(40-54)68(80)104-28-20-96-8/h9-12,29-42,69-72H,13-28H2,1-8H3. The van der Waals surface area contributed by atoms with Crippen molar-refractivity contribution in [3.63, 3.8) is 0 Å². The first-order valence-corrected chi connectivity index (χ1v) is 37.7. The van der Waals surface area contributed by atoms with Gasteiger partial charge in [0.05, 0.1) is 140 Å². The van der Waals surface area contributed by atoms with E-state index in [9.17, 15) is 55.2 Å². The predicted octanol–water partition coefficient (Wildman–Crippen LogP) is 4.98. The monoisotopic (exact) mass is 1590 g/mol. The van der Waals surface area contributed by atoms with Crippen LogP contribution in [0.3, 0.4) is 0 Å². The number of nitrogens with one attached hydrogen (secondary N) is 4. The van der Waals surface area contributed by atoms with E-state index in [0.717, 1.165) is 97.1 Å². The lowest BCUT2D eigenvalue weighted by Gasteiger charge is -2.20. The zero-order valence-corrected chi connectivity index (χ0v) is 62.7. The first-order valence-electron chi connectivity index (χ1n) is 31.8. The molecule has 0 aromatic heterocycles. The van der Waals surface area contributed by atoms with Crippen molar-refractivity contribution in [2.45, 2.75) is 19.6 Å². The molecule has 0 aliphatic rings. The molecule has 6 aromatic rings. The lowest BCUT2D eigenvalue weighted by atomic mass is 10.1. The highest BCUT2D eigenvalue weighted by molar-refractivity contribution is 7.94. The van der Waals surface area contributed by atoms with E-state index in [0.29, 0.717) is 12.1 Å². The number of methoxy groups -OCH3 is 8. The van der Waals surface area contributed by atoms with Crippen LogP contribution in [0.1, 0.15) is 82.9 Å². The summed E-state index contributed by atoms with van der Waals surface area (Å²) in [5.74, 6) is -8.88. The van der Waals surface area contributed by atoms with E-state index < -0.39 is 186 Å². The Hall–Kier alpha value is -10.2. The summed E-state index contributed by atoms with van der Waals surface area (Å²) in [6.45, 7) is -3.43. The van der Waals surface area contributed by atoms with Crippen LogP contribution in [0.2, 0.25) is 0 Å². The highest BCUT2D eigenvalue weighted by Gasteiger charge is 2.33. The van der Waals surface area contributed by atoms with Crippen LogP contribution in [-0.4, -0.2) is 244 Å². The quantitative estimate of drug-likeness (QED) is 0.0222. The second-order valence-corrected chi connectivity index (χ2v) is 28.6. The molecule has 0 saturated heterocycles. The Bertz CT molecular complexity index is 4240. The Balaban J connectivity index is 1.70. The summed E-state index contributed by atoms with van der Waals surface area (Å²) < 4.78 is 213. The van der Waals surface area contributed by atoms with Crippen LogP contribution in [-0.2, 0) is 116 Å². The number of esters is 8. The van der Waals surface area contributed by atoms with Crippen molar-refractivity contribution in [2.75, 3.05) is 181 Å². The van der Waals surface area contributed by atoms with Crippen molar-refractivity contribution < 1.29 is 148 Å². The van der Waals surface area contributed by atoms with Crippen molar-refractivity contribution in [3.8, 4) is 11.1 Å².